The van der Waals surface area contributed by atoms with Gasteiger partial charge in [0.1, 0.15) is 6.04 Å². The average Bonchev–Trinajstić information content (AvgIpc) is 3.14. The molecule has 5 rings (SSSR count). The number of aromatic nitrogens is 1. The number of benzene rings is 2. The highest BCUT2D eigenvalue weighted by Crippen LogP contribution is 2.56. The molecule has 0 unspecified atom stereocenters. The minimum atomic E-state index is -1.45. The molecule has 2 aliphatic heterocycles. The number of ketones is 1. The molecule has 0 amide bonds. The van der Waals surface area contributed by atoms with Crippen LogP contribution >= 0.6 is 0 Å². The fraction of sp³-hybridized carbons (Fsp3) is 0.241. The monoisotopic (exact) mass is 444 g/mol. The molecule has 34 heavy (non-hydrogen) atoms. The van der Waals surface area contributed by atoms with Gasteiger partial charge in [0.25, 0.3) is 0 Å². The smallest absolute Gasteiger partial charge is 0.185 e. The van der Waals surface area contributed by atoms with Crippen molar-refractivity contribution in [1.29, 1.82) is 10.5 Å². The molecular formula is C29H24N4O. The Bertz CT molecular complexity index is 1370. The Morgan fingerprint density at radius 3 is 2.32 bits per heavy atom. The van der Waals surface area contributed by atoms with Crippen LogP contribution in [0.3, 0.4) is 0 Å². The van der Waals surface area contributed by atoms with Gasteiger partial charge in [-0.25, -0.2) is 0 Å². The highest BCUT2D eigenvalue weighted by Gasteiger charge is 2.64. The van der Waals surface area contributed by atoms with Crippen LogP contribution in [0.4, 0.5) is 5.69 Å². The van der Waals surface area contributed by atoms with E-state index in [4.69, 9.17) is 0 Å². The van der Waals surface area contributed by atoms with Crippen molar-refractivity contribution in [2.75, 3.05) is 4.90 Å². The van der Waals surface area contributed by atoms with Gasteiger partial charge in [0.15, 0.2) is 11.2 Å². The zero-order valence-electron chi connectivity index (χ0n) is 19.4. The maximum Gasteiger partial charge on any atom is 0.185 e. The zero-order chi connectivity index (χ0) is 24.0. The molecule has 1 aromatic heterocycles. The molecule has 1 saturated heterocycles. The van der Waals surface area contributed by atoms with Crippen molar-refractivity contribution in [2.45, 2.75) is 38.8 Å². The van der Waals surface area contributed by atoms with Crippen LogP contribution in [0.2, 0.25) is 0 Å². The lowest BCUT2D eigenvalue weighted by atomic mass is 9.67. The molecule has 0 bridgehead atoms. The fourth-order valence-electron chi connectivity index (χ4n) is 5.88. The summed E-state index contributed by atoms with van der Waals surface area (Å²) in [6.45, 7) is 6.03. The number of carbonyl (C=O) groups excluding carboxylic acids is 1. The minimum Gasteiger partial charge on any atom is -0.349 e. The number of fused-ring (bicyclic) bond motifs is 3. The molecule has 2 aromatic carbocycles. The van der Waals surface area contributed by atoms with E-state index in [0.717, 1.165) is 33.6 Å². The third kappa shape index (κ3) is 2.98. The van der Waals surface area contributed by atoms with Gasteiger partial charge in [0.2, 0.25) is 0 Å². The van der Waals surface area contributed by atoms with E-state index in [1.807, 2.05) is 68.2 Å². The van der Waals surface area contributed by atoms with E-state index in [0.29, 0.717) is 5.56 Å². The number of pyridine rings is 1. The van der Waals surface area contributed by atoms with Gasteiger partial charge in [0.05, 0.1) is 29.6 Å². The van der Waals surface area contributed by atoms with Crippen molar-refractivity contribution in [1.82, 2.24) is 4.98 Å². The highest BCUT2D eigenvalue weighted by molar-refractivity contribution is 6.04. The molecule has 5 nitrogen and oxygen atoms in total. The summed E-state index contributed by atoms with van der Waals surface area (Å²) in [7, 11) is 0. The number of hydrogen-bond acceptors (Lipinski definition) is 5. The van der Waals surface area contributed by atoms with E-state index in [1.54, 1.807) is 18.3 Å². The molecule has 1 fully saturated rings. The number of Topliss-reactive ketones (excluding diaryl/α,β-unsaturated/α-hetero) is 1. The van der Waals surface area contributed by atoms with Gasteiger partial charge in [-0.05, 0) is 55.7 Å². The summed E-state index contributed by atoms with van der Waals surface area (Å²) in [4.78, 5) is 20.6. The van der Waals surface area contributed by atoms with Crippen molar-refractivity contribution in [2.24, 2.45) is 5.41 Å². The zero-order valence-corrected chi connectivity index (χ0v) is 19.4. The molecule has 0 radical (unpaired) electrons. The Balaban J connectivity index is 1.84. The second-order valence-electron chi connectivity index (χ2n) is 9.18. The van der Waals surface area contributed by atoms with E-state index in [9.17, 15) is 15.3 Å². The standard InChI is InChI=1S/C29H24N4O/c1-18-14-19(2)25(20(3)15-18)26-27(28(34)21-8-5-4-6-9-21)33-23-10-7-13-32-22(23)11-12-24(33)29(26,16-30)17-31/h4-15,24,26-27H,1-3H3/t24-,26+,27-/m0/s1. The molecule has 5 heteroatoms. The van der Waals surface area contributed by atoms with Crippen LogP contribution in [0.1, 0.15) is 44.2 Å². The summed E-state index contributed by atoms with van der Waals surface area (Å²) in [5.74, 6) is -0.746. The maximum atomic E-state index is 14.2. The predicted molar refractivity (Wildman–Crippen MR) is 131 cm³/mol. The van der Waals surface area contributed by atoms with Gasteiger partial charge in [-0.1, -0.05) is 54.1 Å². The quantitative estimate of drug-likeness (QED) is 0.513. The number of anilines is 1. The van der Waals surface area contributed by atoms with E-state index in [2.05, 4.69) is 29.3 Å². The third-order valence-electron chi connectivity index (χ3n) is 7.15. The van der Waals surface area contributed by atoms with Crippen molar-refractivity contribution in [3.05, 3.63) is 100 Å². The molecule has 0 spiro atoms. The first-order valence-corrected chi connectivity index (χ1v) is 11.3. The van der Waals surface area contributed by atoms with Crippen LogP contribution < -0.4 is 4.90 Å². The highest BCUT2D eigenvalue weighted by atomic mass is 16.1. The van der Waals surface area contributed by atoms with Crippen molar-refractivity contribution in [3.8, 4) is 12.1 Å². The lowest BCUT2D eigenvalue weighted by Gasteiger charge is -2.35. The van der Waals surface area contributed by atoms with Gasteiger partial charge >= 0.3 is 0 Å². The summed E-state index contributed by atoms with van der Waals surface area (Å²) in [5, 5.41) is 21.2. The molecule has 166 valence electrons. The molecule has 3 atom stereocenters. The number of hydrogen-bond donors (Lipinski definition) is 0. The lowest BCUT2D eigenvalue weighted by molar-refractivity contribution is 0.0951. The minimum absolute atomic E-state index is 0.104. The van der Waals surface area contributed by atoms with Crippen LogP contribution in [0.5, 0.6) is 0 Å². The SMILES string of the molecule is Cc1cc(C)c([C@@H]2[C@@H](C(=O)c3ccccc3)N3c4cccnc4C=C[C@H]3C2(C#N)C#N)c(C)c1. The van der Waals surface area contributed by atoms with E-state index in [1.165, 1.54) is 0 Å². The summed E-state index contributed by atoms with van der Waals surface area (Å²) in [5.41, 5.74) is 4.58. The van der Waals surface area contributed by atoms with Crippen LogP contribution in [0.15, 0.2) is 66.9 Å². The second-order valence-corrected chi connectivity index (χ2v) is 9.18. The summed E-state index contributed by atoms with van der Waals surface area (Å²) < 4.78 is 0. The Kier molecular flexibility index (Phi) is 5.07. The first-order valence-electron chi connectivity index (χ1n) is 11.3. The Labute approximate surface area is 199 Å². The van der Waals surface area contributed by atoms with Crippen LogP contribution in [0.25, 0.3) is 6.08 Å². The number of aryl methyl sites for hydroxylation is 3. The number of carbonyl (C=O) groups is 1. The van der Waals surface area contributed by atoms with E-state index >= 15 is 0 Å². The van der Waals surface area contributed by atoms with Crippen LogP contribution in [-0.4, -0.2) is 22.9 Å². The van der Waals surface area contributed by atoms with E-state index in [-0.39, 0.29) is 5.78 Å². The maximum absolute atomic E-state index is 14.2. The van der Waals surface area contributed by atoms with Crippen molar-refractivity contribution >= 4 is 17.5 Å². The molecule has 2 aliphatic rings. The summed E-state index contributed by atoms with van der Waals surface area (Å²) >= 11 is 0. The van der Waals surface area contributed by atoms with Gasteiger partial charge in [-0.2, -0.15) is 10.5 Å². The van der Waals surface area contributed by atoms with E-state index < -0.39 is 23.4 Å². The molecule has 0 saturated carbocycles. The average molecular weight is 445 g/mol. The first-order chi connectivity index (χ1) is 16.4. The van der Waals surface area contributed by atoms with Gasteiger partial charge in [0, 0.05) is 17.7 Å². The number of rotatable bonds is 3. The molecule has 3 aromatic rings. The molecular weight excluding hydrogens is 420 g/mol. The van der Waals surface area contributed by atoms with Crippen LogP contribution in [-0.2, 0) is 0 Å². The Morgan fingerprint density at radius 1 is 1.00 bits per heavy atom. The third-order valence-corrected chi connectivity index (χ3v) is 7.15. The summed E-state index contributed by atoms with van der Waals surface area (Å²) in [6.07, 6.45) is 5.44. The topological polar surface area (TPSA) is 80.8 Å². The normalized spacial score (nSPS) is 21.8. The van der Waals surface area contributed by atoms with Gasteiger partial charge in [-0.15, -0.1) is 0 Å². The number of nitriles is 2. The largest absolute Gasteiger partial charge is 0.349 e. The molecule has 0 N–H and O–H groups in total. The Morgan fingerprint density at radius 2 is 1.68 bits per heavy atom. The van der Waals surface area contributed by atoms with Crippen molar-refractivity contribution < 1.29 is 4.79 Å². The first kappa shape index (κ1) is 21.6. The van der Waals surface area contributed by atoms with Gasteiger partial charge < -0.3 is 4.90 Å². The predicted octanol–water partition coefficient (Wildman–Crippen LogP) is 5.29. The molecule has 0 aliphatic carbocycles. The second kappa shape index (κ2) is 7.97. The fourth-order valence-corrected chi connectivity index (χ4v) is 5.88. The Hall–Kier alpha value is -4.22. The summed E-state index contributed by atoms with van der Waals surface area (Å²) in [6, 6.07) is 20.5. The van der Waals surface area contributed by atoms with Crippen LogP contribution in [0, 0.1) is 48.8 Å². The lowest BCUT2D eigenvalue weighted by Crippen LogP contribution is -2.44. The molecule has 3 heterocycles. The van der Waals surface area contributed by atoms with Crippen molar-refractivity contribution in [3.63, 3.8) is 0 Å². The number of nitrogens with zero attached hydrogens (tertiary/aromatic N) is 4. The van der Waals surface area contributed by atoms with Gasteiger partial charge in [-0.3, -0.25) is 9.78 Å².